The van der Waals surface area contributed by atoms with E-state index >= 15 is 0 Å². The van der Waals surface area contributed by atoms with Crippen molar-refractivity contribution in [3.8, 4) is 11.8 Å². The van der Waals surface area contributed by atoms with E-state index in [4.69, 9.17) is 0 Å². The molecule has 3 nitrogen and oxygen atoms in total. The number of amides is 2. The third-order valence-electron chi connectivity index (χ3n) is 3.30. The van der Waals surface area contributed by atoms with Gasteiger partial charge in [0.05, 0.1) is 12.1 Å². The van der Waals surface area contributed by atoms with E-state index in [1.807, 2.05) is 30.3 Å². The smallest absolute Gasteiger partial charge is 0.338 e. The predicted molar refractivity (Wildman–Crippen MR) is 89.9 cm³/mol. The molecule has 0 spiro atoms. The molecule has 0 fully saturated rings. The molecule has 0 bridgehead atoms. The summed E-state index contributed by atoms with van der Waals surface area (Å²) in [6.07, 6.45) is -3.68. The highest BCUT2D eigenvalue weighted by Gasteiger charge is 2.30. The second-order valence-corrected chi connectivity index (χ2v) is 5.23. The molecule has 0 heterocycles. The fourth-order valence-corrected chi connectivity index (χ4v) is 2.07. The van der Waals surface area contributed by atoms with Gasteiger partial charge < -0.3 is 10.6 Å². The fraction of sp³-hybridized carbons (Fsp3) is 0.211. The first-order valence-corrected chi connectivity index (χ1v) is 7.67. The molecule has 0 aromatic heterocycles. The van der Waals surface area contributed by atoms with Crippen LogP contribution in [0.25, 0.3) is 0 Å². The van der Waals surface area contributed by atoms with Gasteiger partial charge in [-0.1, -0.05) is 48.2 Å². The minimum absolute atomic E-state index is 0.0490. The molecular formula is C19H17F3N2O. The predicted octanol–water partition coefficient (Wildman–Crippen LogP) is 3.60. The molecular weight excluding hydrogens is 329 g/mol. The van der Waals surface area contributed by atoms with E-state index in [1.54, 1.807) is 0 Å². The highest BCUT2D eigenvalue weighted by Crippen LogP contribution is 2.29. The lowest BCUT2D eigenvalue weighted by Crippen LogP contribution is -2.36. The summed E-state index contributed by atoms with van der Waals surface area (Å²) in [5.41, 5.74) is 0.624. The van der Waals surface area contributed by atoms with Crippen LogP contribution in [0.4, 0.5) is 18.0 Å². The number of urea groups is 1. The van der Waals surface area contributed by atoms with Crippen LogP contribution >= 0.6 is 0 Å². The molecule has 2 aromatic carbocycles. The zero-order valence-electron chi connectivity index (χ0n) is 13.4. The van der Waals surface area contributed by atoms with Gasteiger partial charge in [-0.3, -0.25) is 0 Å². The number of benzene rings is 2. The standard InChI is InChI=1S/C19H17F3N2O/c20-19(21,22)17-10-4-8-16(14-17)9-5-12-23-18(25)24-13-11-15-6-2-1-3-7-15/h1-4,6-8,10,14H,11-13H2,(H2,23,24,25). The molecule has 2 N–H and O–H groups in total. The molecule has 0 saturated carbocycles. The van der Waals surface area contributed by atoms with E-state index in [2.05, 4.69) is 22.5 Å². The summed E-state index contributed by atoms with van der Waals surface area (Å²) in [6.45, 7) is 0.532. The zero-order chi connectivity index (χ0) is 18.1. The van der Waals surface area contributed by atoms with Crippen LogP contribution in [0.5, 0.6) is 0 Å². The molecule has 130 valence electrons. The lowest BCUT2D eigenvalue weighted by atomic mass is 10.1. The van der Waals surface area contributed by atoms with Crippen molar-refractivity contribution in [2.24, 2.45) is 0 Å². The summed E-state index contributed by atoms with van der Waals surface area (Å²) in [7, 11) is 0. The van der Waals surface area contributed by atoms with Gasteiger partial charge in [0.25, 0.3) is 0 Å². The van der Waals surface area contributed by atoms with Crippen molar-refractivity contribution < 1.29 is 18.0 Å². The lowest BCUT2D eigenvalue weighted by Gasteiger charge is -2.06. The SMILES string of the molecule is O=C(NCC#Cc1cccc(C(F)(F)F)c1)NCCc1ccccc1. The van der Waals surface area contributed by atoms with E-state index in [0.29, 0.717) is 13.0 Å². The Labute approximate surface area is 144 Å². The number of nitrogens with one attached hydrogen (secondary N) is 2. The first kappa shape index (κ1) is 18.4. The summed E-state index contributed by atoms with van der Waals surface area (Å²) in [4.78, 5) is 11.6. The number of carbonyl (C=O) groups is 1. The average molecular weight is 346 g/mol. The second kappa shape index (κ2) is 8.78. The Morgan fingerprint density at radius 3 is 2.48 bits per heavy atom. The van der Waals surface area contributed by atoms with Gasteiger partial charge in [0.15, 0.2) is 0 Å². The molecule has 0 aliphatic carbocycles. The second-order valence-electron chi connectivity index (χ2n) is 5.23. The van der Waals surface area contributed by atoms with Gasteiger partial charge in [-0.25, -0.2) is 4.79 Å². The summed E-state index contributed by atoms with van der Waals surface area (Å²) in [5.74, 6) is 5.23. The Morgan fingerprint density at radius 2 is 1.76 bits per heavy atom. The summed E-state index contributed by atoms with van der Waals surface area (Å²) in [6, 6.07) is 14.1. The molecule has 2 amide bonds. The zero-order valence-corrected chi connectivity index (χ0v) is 13.4. The maximum atomic E-state index is 12.6. The number of alkyl halides is 3. The molecule has 2 aromatic rings. The van der Waals surface area contributed by atoms with Crippen LogP contribution in [0.1, 0.15) is 16.7 Å². The highest BCUT2D eigenvalue weighted by atomic mass is 19.4. The highest BCUT2D eigenvalue weighted by molar-refractivity contribution is 5.74. The molecule has 2 rings (SSSR count). The number of halogens is 3. The molecule has 6 heteroatoms. The maximum Gasteiger partial charge on any atom is 0.416 e. The van der Waals surface area contributed by atoms with Gasteiger partial charge in [-0.05, 0) is 30.2 Å². The van der Waals surface area contributed by atoms with E-state index in [-0.39, 0.29) is 18.1 Å². The molecule has 0 unspecified atom stereocenters. The first-order valence-electron chi connectivity index (χ1n) is 7.67. The van der Waals surface area contributed by atoms with Crippen LogP contribution in [-0.2, 0) is 12.6 Å². The van der Waals surface area contributed by atoms with E-state index < -0.39 is 11.7 Å². The Hall–Kier alpha value is -2.94. The number of hydrogen-bond acceptors (Lipinski definition) is 1. The maximum absolute atomic E-state index is 12.6. The summed E-state index contributed by atoms with van der Waals surface area (Å²) < 4.78 is 37.8. The van der Waals surface area contributed by atoms with Gasteiger partial charge in [-0.15, -0.1) is 0 Å². The largest absolute Gasteiger partial charge is 0.416 e. The average Bonchev–Trinajstić information content (AvgIpc) is 2.59. The van der Waals surface area contributed by atoms with Crippen molar-refractivity contribution in [3.05, 3.63) is 71.3 Å². The monoisotopic (exact) mass is 346 g/mol. The minimum atomic E-state index is -4.39. The molecule has 0 atom stereocenters. The number of rotatable bonds is 4. The number of hydrogen-bond donors (Lipinski definition) is 2. The van der Waals surface area contributed by atoms with Crippen LogP contribution in [0.3, 0.4) is 0 Å². The Balaban J connectivity index is 1.74. The third kappa shape index (κ3) is 6.60. The van der Waals surface area contributed by atoms with Crippen molar-refractivity contribution in [1.29, 1.82) is 0 Å². The van der Waals surface area contributed by atoms with Crippen molar-refractivity contribution in [3.63, 3.8) is 0 Å². The molecule has 25 heavy (non-hydrogen) atoms. The van der Waals surface area contributed by atoms with Gasteiger partial charge in [0.1, 0.15) is 0 Å². The minimum Gasteiger partial charge on any atom is -0.338 e. The molecule has 0 saturated heterocycles. The molecule has 0 aliphatic rings. The van der Waals surface area contributed by atoms with Gasteiger partial charge >= 0.3 is 12.2 Å². The van der Waals surface area contributed by atoms with Crippen molar-refractivity contribution in [1.82, 2.24) is 10.6 Å². The van der Waals surface area contributed by atoms with Crippen LogP contribution in [0.15, 0.2) is 54.6 Å². The number of carbonyl (C=O) groups excluding carboxylic acids is 1. The Kier molecular flexibility index (Phi) is 6.47. The van der Waals surface area contributed by atoms with Crippen molar-refractivity contribution >= 4 is 6.03 Å². The quantitative estimate of drug-likeness (QED) is 0.816. The van der Waals surface area contributed by atoms with E-state index in [1.165, 1.54) is 12.1 Å². The molecule has 0 aliphatic heterocycles. The Morgan fingerprint density at radius 1 is 1.00 bits per heavy atom. The van der Waals surface area contributed by atoms with Crippen LogP contribution in [0, 0.1) is 11.8 Å². The van der Waals surface area contributed by atoms with Crippen molar-refractivity contribution in [2.75, 3.05) is 13.1 Å². The van der Waals surface area contributed by atoms with Crippen LogP contribution < -0.4 is 10.6 Å². The third-order valence-corrected chi connectivity index (χ3v) is 3.30. The fourth-order valence-electron chi connectivity index (χ4n) is 2.07. The normalized spacial score (nSPS) is 10.5. The van der Waals surface area contributed by atoms with Crippen LogP contribution in [-0.4, -0.2) is 19.1 Å². The molecule has 0 radical (unpaired) electrons. The summed E-state index contributed by atoms with van der Waals surface area (Å²) >= 11 is 0. The van der Waals surface area contributed by atoms with Gasteiger partial charge in [0, 0.05) is 12.1 Å². The van der Waals surface area contributed by atoms with E-state index in [9.17, 15) is 18.0 Å². The first-order chi connectivity index (χ1) is 11.9. The topological polar surface area (TPSA) is 41.1 Å². The van der Waals surface area contributed by atoms with Gasteiger partial charge in [0.2, 0.25) is 0 Å². The lowest BCUT2D eigenvalue weighted by molar-refractivity contribution is -0.137. The Bertz CT molecular complexity index is 761. The van der Waals surface area contributed by atoms with Gasteiger partial charge in [-0.2, -0.15) is 13.2 Å². The summed E-state index contributed by atoms with van der Waals surface area (Å²) in [5, 5.41) is 5.23. The van der Waals surface area contributed by atoms with Crippen LogP contribution in [0.2, 0.25) is 0 Å². The van der Waals surface area contributed by atoms with E-state index in [0.717, 1.165) is 17.7 Å². The van der Waals surface area contributed by atoms with Crippen molar-refractivity contribution in [2.45, 2.75) is 12.6 Å².